The van der Waals surface area contributed by atoms with E-state index in [1.165, 1.54) is 0 Å². The van der Waals surface area contributed by atoms with Crippen molar-refractivity contribution in [2.45, 2.75) is 0 Å². The van der Waals surface area contributed by atoms with Crippen molar-refractivity contribution in [1.29, 1.82) is 0 Å². The Morgan fingerprint density at radius 1 is 1.05 bits per heavy atom. The Morgan fingerprint density at radius 3 is 2.55 bits per heavy atom. The molecular weight excluding hydrogens is 313 g/mol. The lowest BCUT2D eigenvalue weighted by atomic mass is 10.2. The van der Waals surface area contributed by atoms with E-state index in [9.17, 15) is 0 Å². The van der Waals surface area contributed by atoms with Crippen molar-refractivity contribution in [3.63, 3.8) is 0 Å². The number of hydrogen-bond donors (Lipinski definition) is 1. The third-order valence-electron chi connectivity index (χ3n) is 2.54. The van der Waals surface area contributed by atoms with Crippen LogP contribution in [0.3, 0.4) is 0 Å². The van der Waals surface area contributed by atoms with Crippen molar-refractivity contribution in [1.82, 2.24) is 9.97 Å². The summed E-state index contributed by atoms with van der Waals surface area (Å²) < 4.78 is 0. The Hall–Kier alpha value is -1.62. The summed E-state index contributed by atoms with van der Waals surface area (Å²) in [7, 11) is 0. The topological polar surface area (TPSA) is 37.8 Å². The van der Waals surface area contributed by atoms with Gasteiger partial charge in [-0.15, -0.1) is 23.7 Å². The normalized spacial score (nSPS) is 9.85. The van der Waals surface area contributed by atoms with Crippen molar-refractivity contribution in [3.8, 4) is 11.3 Å². The van der Waals surface area contributed by atoms with Gasteiger partial charge in [-0.25, -0.2) is 9.97 Å². The minimum atomic E-state index is 0. The number of anilines is 2. The molecule has 0 fully saturated rings. The molecule has 0 aliphatic rings. The van der Waals surface area contributed by atoms with Gasteiger partial charge in [0.15, 0.2) is 5.13 Å². The third-order valence-corrected chi connectivity index (χ3v) is 3.55. The Balaban J connectivity index is 0.00000147. The Morgan fingerprint density at radius 2 is 1.85 bits per heavy atom. The second-order valence-corrected chi connectivity index (χ2v) is 5.18. The van der Waals surface area contributed by atoms with Crippen LogP contribution in [0.5, 0.6) is 0 Å². The van der Waals surface area contributed by atoms with Crippen LogP contribution in [0, 0.1) is 0 Å². The molecular formula is C14H11Cl2N3S. The van der Waals surface area contributed by atoms with Crippen LogP contribution in [0.15, 0.2) is 54.0 Å². The quantitative estimate of drug-likeness (QED) is 0.735. The molecule has 2 heterocycles. The van der Waals surface area contributed by atoms with Gasteiger partial charge in [0.05, 0.1) is 5.69 Å². The molecule has 0 saturated heterocycles. The van der Waals surface area contributed by atoms with Crippen LogP contribution in [0.2, 0.25) is 5.02 Å². The lowest BCUT2D eigenvalue weighted by Crippen LogP contribution is -1.91. The monoisotopic (exact) mass is 323 g/mol. The average Bonchev–Trinajstić information content (AvgIpc) is 2.89. The zero-order valence-corrected chi connectivity index (χ0v) is 12.7. The molecule has 3 aromatic rings. The summed E-state index contributed by atoms with van der Waals surface area (Å²) >= 11 is 7.42. The van der Waals surface area contributed by atoms with E-state index in [0.717, 1.165) is 27.2 Å². The summed E-state index contributed by atoms with van der Waals surface area (Å²) in [5.41, 5.74) is 1.98. The molecule has 0 aliphatic carbocycles. The molecule has 3 rings (SSSR count). The summed E-state index contributed by atoms with van der Waals surface area (Å²) in [5.74, 6) is 0.791. The van der Waals surface area contributed by atoms with Crippen molar-refractivity contribution in [2.75, 3.05) is 5.32 Å². The van der Waals surface area contributed by atoms with Gasteiger partial charge in [0.2, 0.25) is 0 Å². The number of rotatable bonds is 3. The molecule has 0 radical (unpaired) electrons. The van der Waals surface area contributed by atoms with E-state index in [1.54, 1.807) is 17.5 Å². The molecule has 0 bridgehead atoms. The highest BCUT2D eigenvalue weighted by molar-refractivity contribution is 7.14. The Kier molecular flexibility index (Phi) is 4.95. The number of hydrogen-bond acceptors (Lipinski definition) is 4. The van der Waals surface area contributed by atoms with Gasteiger partial charge in [0.1, 0.15) is 5.82 Å². The van der Waals surface area contributed by atoms with Crippen LogP contribution >= 0.6 is 35.3 Å². The lowest BCUT2D eigenvalue weighted by molar-refractivity contribution is 1.29. The van der Waals surface area contributed by atoms with Crippen molar-refractivity contribution in [3.05, 3.63) is 59.1 Å². The summed E-state index contributed by atoms with van der Waals surface area (Å²) in [6.07, 6.45) is 1.75. The number of nitrogens with one attached hydrogen (secondary N) is 1. The first kappa shape index (κ1) is 14.8. The van der Waals surface area contributed by atoms with Gasteiger partial charge in [0.25, 0.3) is 0 Å². The molecule has 1 aromatic carbocycles. The van der Waals surface area contributed by atoms with Crippen LogP contribution in [0.25, 0.3) is 11.3 Å². The highest BCUT2D eigenvalue weighted by Gasteiger charge is 2.05. The SMILES string of the molecule is Cl.Clc1ccc(-c2csc(Nc3ccccn3)n2)cc1. The Labute approximate surface area is 132 Å². The van der Waals surface area contributed by atoms with Gasteiger partial charge in [-0.05, 0) is 24.3 Å². The maximum atomic E-state index is 5.87. The minimum absolute atomic E-state index is 0. The van der Waals surface area contributed by atoms with Crippen LogP contribution in [-0.2, 0) is 0 Å². The number of thiazole rings is 1. The third kappa shape index (κ3) is 3.48. The Bertz CT molecular complexity index is 668. The first-order chi connectivity index (χ1) is 9.31. The van der Waals surface area contributed by atoms with E-state index in [4.69, 9.17) is 11.6 Å². The molecule has 0 spiro atoms. The first-order valence-electron chi connectivity index (χ1n) is 5.71. The highest BCUT2D eigenvalue weighted by Crippen LogP contribution is 2.27. The number of aromatic nitrogens is 2. The zero-order chi connectivity index (χ0) is 13.1. The van der Waals surface area contributed by atoms with E-state index in [1.807, 2.05) is 47.8 Å². The van der Waals surface area contributed by atoms with Gasteiger partial charge in [-0.2, -0.15) is 0 Å². The van der Waals surface area contributed by atoms with E-state index in [2.05, 4.69) is 15.3 Å². The molecule has 2 aromatic heterocycles. The fraction of sp³-hybridized carbons (Fsp3) is 0. The van der Waals surface area contributed by atoms with Crippen molar-refractivity contribution in [2.24, 2.45) is 0 Å². The molecule has 102 valence electrons. The molecule has 0 atom stereocenters. The number of benzene rings is 1. The number of halogens is 2. The molecule has 0 unspecified atom stereocenters. The van der Waals surface area contributed by atoms with Gasteiger partial charge in [-0.3, -0.25) is 0 Å². The second-order valence-electron chi connectivity index (χ2n) is 3.88. The minimum Gasteiger partial charge on any atom is -0.316 e. The lowest BCUT2D eigenvalue weighted by Gasteiger charge is -2.00. The molecule has 0 saturated carbocycles. The van der Waals surface area contributed by atoms with Gasteiger partial charge >= 0.3 is 0 Å². The fourth-order valence-corrected chi connectivity index (χ4v) is 2.48. The van der Waals surface area contributed by atoms with Crippen molar-refractivity contribution < 1.29 is 0 Å². The predicted molar refractivity (Wildman–Crippen MR) is 87.3 cm³/mol. The van der Waals surface area contributed by atoms with E-state index >= 15 is 0 Å². The van der Waals surface area contributed by atoms with Gasteiger partial charge in [-0.1, -0.05) is 29.8 Å². The van der Waals surface area contributed by atoms with Crippen LogP contribution < -0.4 is 5.32 Å². The van der Waals surface area contributed by atoms with Crippen LogP contribution in [-0.4, -0.2) is 9.97 Å². The van der Waals surface area contributed by atoms with Gasteiger partial charge in [0, 0.05) is 22.2 Å². The summed E-state index contributed by atoms with van der Waals surface area (Å²) in [5, 5.41) is 6.73. The fourth-order valence-electron chi connectivity index (χ4n) is 1.63. The predicted octanol–water partition coefficient (Wildman–Crippen LogP) is 5.02. The summed E-state index contributed by atoms with van der Waals surface area (Å²) in [6, 6.07) is 13.4. The van der Waals surface area contributed by atoms with E-state index in [0.29, 0.717) is 0 Å². The molecule has 6 heteroatoms. The number of pyridine rings is 1. The van der Waals surface area contributed by atoms with Crippen LogP contribution in [0.1, 0.15) is 0 Å². The summed E-state index contributed by atoms with van der Waals surface area (Å²) in [4.78, 5) is 8.74. The molecule has 0 amide bonds. The maximum Gasteiger partial charge on any atom is 0.188 e. The largest absolute Gasteiger partial charge is 0.316 e. The first-order valence-corrected chi connectivity index (χ1v) is 6.96. The molecule has 0 aliphatic heterocycles. The molecule has 1 N–H and O–H groups in total. The molecule has 3 nitrogen and oxygen atoms in total. The van der Waals surface area contributed by atoms with E-state index in [-0.39, 0.29) is 12.4 Å². The smallest absolute Gasteiger partial charge is 0.188 e. The number of nitrogens with zero attached hydrogens (tertiary/aromatic N) is 2. The second kappa shape index (κ2) is 6.70. The van der Waals surface area contributed by atoms with Gasteiger partial charge < -0.3 is 5.32 Å². The van der Waals surface area contributed by atoms with Crippen LogP contribution in [0.4, 0.5) is 10.9 Å². The maximum absolute atomic E-state index is 5.87. The highest BCUT2D eigenvalue weighted by atomic mass is 35.5. The van der Waals surface area contributed by atoms with E-state index < -0.39 is 0 Å². The summed E-state index contributed by atoms with van der Waals surface area (Å²) in [6.45, 7) is 0. The standard InChI is InChI=1S/C14H10ClN3S.ClH/c15-11-6-4-10(5-7-11)12-9-19-14(17-12)18-13-3-1-2-8-16-13;/h1-9H,(H,16,17,18);1H. The molecule has 20 heavy (non-hydrogen) atoms. The average molecular weight is 324 g/mol. The van der Waals surface area contributed by atoms with Crippen molar-refractivity contribution >= 4 is 46.3 Å². The zero-order valence-electron chi connectivity index (χ0n) is 10.3.